The van der Waals surface area contributed by atoms with E-state index in [-0.39, 0.29) is 23.9 Å². The molecule has 0 saturated heterocycles. The molecule has 0 spiro atoms. The summed E-state index contributed by atoms with van der Waals surface area (Å²) in [6.45, 7) is 12.8. The lowest BCUT2D eigenvalue weighted by Crippen LogP contribution is -2.57. The molecule has 4 nitrogen and oxygen atoms in total. The number of furan rings is 1. The average molecular weight is 401 g/mol. The summed E-state index contributed by atoms with van der Waals surface area (Å²) in [5.41, 5.74) is 2.77. The van der Waals surface area contributed by atoms with Gasteiger partial charge in [0.2, 0.25) is 0 Å². The van der Waals surface area contributed by atoms with E-state index in [1.54, 1.807) is 19.3 Å². The number of carbonyl (C=O) groups excluding carboxylic acids is 1. The molecule has 29 heavy (non-hydrogen) atoms. The van der Waals surface area contributed by atoms with Crippen molar-refractivity contribution in [3.05, 3.63) is 48.0 Å². The Bertz CT molecular complexity index is 762. The molecule has 0 amide bonds. The molecule has 0 bridgehead atoms. The third-order valence-electron chi connectivity index (χ3n) is 7.92. The topological polar surface area (TPSA) is 59.7 Å². The van der Waals surface area contributed by atoms with Crippen LogP contribution in [0.25, 0.3) is 0 Å². The zero-order valence-corrected chi connectivity index (χ0v) is 18.4. The van der Waals surface area contributed by atoms with Crippen molar-refractivity contribution in [2.45, 2.75) is 72.3 Å². The number of aryl methyl sites for hydroxylation is 1. The van der Waals surface area contributed by atoms with Crippen LogP contribution in [0.4, 0.5) is 0 Å². The highest BCUT2D eigenvalue weighted by Gasteiger charge is 2.58. The Labute approximate surface area is 175 Å². The fourth-order valence-corrected chi connectivity index (χ4v) is 5.91. The molecule has 3 rings (SSSR count). The number of rotatable bonds is 6. The number of hydrogen-bond acceptors (Lipinski definition) is 4. The number of ether oxygens (including phenoxy) is 1. The Morgan fingerprint density at radius 2 is 2.17 bits per heavy atom. The standard InChI is InChI=1S/C25H36O4/c1-6-17(2)23(27)29-16-25(5)21-10-7-18(3)20(9-8-19-12-14-28-15-19)24(21,4)13-11-22(25)26/h6,12,14-15,20-22,26H,3,7-11,13,16H2,1-2,4-5H3. The van der Waals surface area contributed by atoms with Crippen LogP contribution in [0.15, 0.2) is 46.8 Å². The van der Waals surface area contributed by atoms with Crippen LogP contribution >= 0.6 is 0 Å². The lowest BCUT2D eigenvalue weighted by atomic mass is 9.46. The molecule has 160 valence electrons. The summed E-state index contributed by atoms with van der Waals surface area (Å²) in [4.78, 5) is 12.3. The van der Waals surface area contributed by atoms with Crippen LogP contribution in [0.2, 0.25) is 0 Å². The molecule has 1 aromatic rings. The van der Waals surface area contributed by atoms with Crippen molar-refractivity contribution in [2.24, 2.45) is 22.7 Å². The predicted molar refractivity (Wildman–Crippen MR) is 114 cm³/mol. The van der Waals surface area contributed by atoms with Crippen molar-refractivity contribution in [3.8, 4) is 0 Å². The maximum Gasteiger partial charge on any atom is 0.333 e. The van der Waals surface area contributed by atoms with Gasteiger partial charge in [-0.3, -0.25) is 0 Å². The second kappa shape index (κ2) is 8.51. The first kappa shape index (κ1) is 21.9. The van der Waals surface area contributed by atoms with Crippen LogP contribution in [-0.2, 0) is 16.0 Å². The summed E-state index contributed by atoms with van der Waals surface area (Å²) in [5, 5.41) is 11.0. The summed E-state index contributed by atoms with van der Waals surface area (Å²) < 4.78 is 10.9. The Kier molecular flexibility index (Phi) is 6.42. The van der Waals surface area contributed by atoms with Gasteiger partial charge in [-0.2, -0.15) is 0 Å². The number of fused-ring (bicyclic) bond motifs is 1. The molecule has 4 heteroatoms. The summed E-state index contributed by atoms with van der Waals surface area (Å²) in [7, 11) is 0. The summed E-state index contributed by atoms with van der Waals surface area (Å²) in [5.74, 6) is 0.401. The van der Waals surface area contributed by atoms with E-state index in [4.69, 9.17) is 9.15 Å². The van der Waals surface area contributed by atoms with Crippen molar-refractivity contribution < 1.29 is 19.1 Å². The second-order valence-electron chi connectivity index (χ2n) is 9.59. The largest absolute Gasteiger partial charge is 0.472 e. The quantitative estimate of drug-likeness (QED) is 0.391. The number of aliphatic hydroxyl groups excluding tert-OH is 1. The van der Waals surface area contributed by atoms with Crippen LogP contribution in [0.3, 0.4) is 0 Å². The van der Waals surface area contributed by atoms with Crippen LogP contribution in [0, 0.1) is 22.7 Å². The molecule has 1 aromatic heterocycles. The fraction of sp³-hybridized carbons (Fsp3) is 0.640. The molecule has 0 radical (unpaired) electrons. The highest BCUT2D eigenvalue weighted by atomic mass is 16.5. The Morgan fingerprint density at radius 3 is 2.83 bits per heavy atom. The van der Waals surface area contributed by atoms with E-state index < -0.39 is 11.5 Å². The minimum Gasteiger partial charge on any atom is -0.472 e. The average Bonchev–Trinajstić information content (AvgIpc) is 3.22. The van der Waals surface area contributed by atoms with Gasteiger partial charge in [0.1, 0.15) is 0 Å². The molecule has 2 aliphatic carbocycles. The van der Waals surface area contributed by atoms with E-state index in [9.17, 15) is 9.90 Å². The summed E-state index contributed by atoms with van der Waals surface area (Å²) in [6, 6.07) is 2.03. The molecule has 2 aliphatic rings. The Morgan fingerprint density at radius 1 is 1.41 bits per heavy atom. The second-order valence-corrected chi connectivity index (χ2v) is 9.59. The predicted octanol–water partition coefficient (Wildman–Crippen LogP) is 5.47. The molecule has 0 aromatic carbocycles. The van der Waals surface area contributed by atoms with E-state index in [0.717, 1.165) is 38.5 Å². The minimum atomic E-state index is -0.458. The number of hydrogen-bond donors (Lipinski definition) is 1. The Hall–Kier alpha value is -1.81. The van der Waals surface area contributed by atoms with E-state index in [1.807, 2.05) is 19.3 Å². The maximum absolute atomic E-state index is 12.3. The fourth-order valence-electron chi connectivity index (χ4n) is 5.91. The first-order valence-corrected chi connectivity index (χ1v) is 10.9. The normalized spacial score (nSPS) is 35.3. The van der Waals surface area contributed by atoms with Crippen molar-refractivity contribution in [1.82, 2.24) is 0 Å². The van der Waals surface area contributed by atoms with Gasteiger partial charge < -0.3 is 14.3 Å². The van der Waals surface area contributed by atoms with E-state index in [2.05, 4.69) is 20.4 Å². The van der Waals surface area contributed by atoms with Gasteiger partial charge in [-0.25, -0.2) is 4.79 Å². The highest BCUT2D eigenvalue weighted by Crippen LogP contribution is 2.61. The van der Waals surface area contributed by atoms with E-state index in [1.165, 1.54) is 11.1 Å². The first-order chi connectivity index (χ1) is 13.7. The molecule has 0 aliphatic heterocycles. The van der Waals surface area contributed by atoms with Crippen molar-refractivity contribution in [3.63, 3.8) is 0 Å². The summed E-state index contributed by atoms with van der Waals surface area (Å²) >= 11 is 0. The molecule has 2 saturated carbocycles. The summed E-state index contributed by atoms with van der Waals surface area (Å²) in [6.07, 6.45) is 10.5. The molecule has 2 fully saturated rings. The van der Waals surface area contributed by atoms with Gasteiger partial charge in [-0.05, 0) is 81.3 Å². The van der Waals surface area contributed by atoms with Gasteiger partial charge in [-0.15, -0.1) is 0 Å². The third-order valence-corrected chi connectivity index (χ3v) is 7.92. The van der Waals surface area contributed by atoms with Crippen molar-refractivity contribution in [1.29, 1.82) is 0 Å². The van der Waals surface area contributed by atoms with Crippen LogP contribution in [-0.4, -0.2) is 23.8 Å². The van der Waals surface area contributed by atoms with E-state index >= 15 is 0 Å². The number of aliphatic hydroxyl groups is 1. The van der Waals surface area contributed by atoms with Crippen LogP contribution < -0.4 is 0 Å². The van der Waals surface area contributed by atoms with Crippen LogP contribution in [0.5, 0.6) is 0 Å². The SMILES string of the molecule is C=C1CCC2C(C)(COC(=O)C(C)=CC)C(O)CCC2(C)C1CCc1ccoc1. The maximum atomic E-state index is 12.3. The lowest BCUT2D eigenvalue weighted by molar-refractivity contribution is -0.172. The zero-order valence-electron chi connectivity index (χ0n) is 18.4. The number of carbonyl (C=O) groups is 1. The molecular formula is C25H36O4. The first-order valence-electron chi connectivity index (χ1n) is 10.9. The molecule has 5 unspecified atom stereocenters. The lowest BCUT2D eigenvalue weighted by Gasteiger charge is -2.60. The van der Waals surface area contributed by atoms with Crippen molar-refractivity contribution >= 4 is 5.97 Å². The van der Waals surface area contributed by atoms with Gasteiger partial charge in [0.05, 0.1) is 25.2 Å². The van der Waals surface area contributed by atoms with Gasteiger partial charge in [0.25, 0.3) is 0 Å². The zero-order chi connectivity index (χ0) is 21.2. The molecule has 1 N–H and O–H groups in total. The monoisotopic (exact) mass is 400 g/mol. The smallest absolute Gasteiger partial charge is 0.333 e. The number of allylic oxidation sites excluding steroid dienone is 2. The molecule has 1 heterocycles. The molecular weight excluding hydrogens is 364 g/mol. The Balaban J connectivity index is 1.81. The molecule has 5 atom stereocenters. The van der Waals surface area contributed by atoms with Gasteiger partial charge >= 0.3 is 5.97 Å². The van der Waals surface area contributed by atoms with Gasteiger partial charge in [-0.1, -0.05) is 32.1 Å². The minimum absolute atomic E-state index is 0.0507. The van der Waals surface area contributed by atoms with E-state index in [0.29, 0.717) is 11.5 Å². The number of esters is 1. The third kappa shape index (κ3) is 4.09. The van der Waals surface area contributed by atoms with Gasteiger partial charge in [0.15, 0.2) is 0 Å². The highest BCUT2D eigenvalue weighted by molar-refractivity contribution is 5.87. The van der Waals surface area contributed by atoms with Gasteiger partial charge in [0, 0.05) is 11.0 Å². The van der Waals surface area contributed by atoms with Crippen molar-refractivity contribution in [2.75, 3.05) is 6.61 Å². The van der Waals surface area contributed by atoms with Crippen LogP contribution in [0.1, 0.15) is 65.4 Å².